The van der Waals surface area contributed by atoms with E-state index in [0.29, 0.717) is 5.39 Å². The van der Waals surface area contributed by atoms with Gasteiger partial charge in [0.1, 0.15) is 24.0 Å². The number of rotatable bonds is 11. The Bertz CT molecular complexity index is 1890. The van der Waals surface area contributed by atoms with Crippen molar-refractivity contribution in [2.75, 3.05) is 12.3 Å². The molecule has 4 aromatic rings. The molecule has 5 rings (SSSR count). The second-order valence-electron chi connectivity index (χ2n) is 10.4. The number of carbonyl (C=O) groups is 1. The number of nitrogens with zero attached hydrogens (tertiary/aromatic N) is 6. The van der Waals surface area contributed by atoms with Crippen molar-refractivity contribution in [3.8, 4) is 5.75 Å². The van der Waals surface area contributed by atoms with Crippen LogP contribution in [0.25, 0.3) is 32.4 Å². The molecule has 2 aromatic heterocycles. The highest BCUT2D eigenvalue weighted by Crippen LogP contribution is 2.49. The molecular weight excluding hydrogens is 613 g/mol. The van der Waals surface area contributed by atoms with E-state index in [0.717, 1.165) is 16.3 Å². The molecule has 1 saturated heterocycles. The Hall–Kier alpha value is -4.54. The average molecular weight is 644 g/mol. The molecule has 0 bridgehead atoms. The fourth-order valence-electron chi connectivity index (χ4n) is 4.73. The number of imidazole rings is 1. The Labute approximate surface area is 254 Å². The Morgan fingerprint density at radius 1 is 1.29 bits per heavy atom. The number of nitrogens with one attached hydrogen (secondary N) is 2. The number of esters is 1. The van der Waals surface area contributed by atoms with E-state index >= 15 is 0 Å². The SMILES string of the molecule is CC(C)OC(=O)[C@H](C)NP(=O)(OC[C@@]1(N=[N+]=[N-])O[C@@H](n2cnc3c(=O)[nH]c(N)nc32)[C@H](O)[C@@H]1O)Oc1cccc2ccccc12. The van der Waals surface area contributed by atoms with Gasteiger partial charge in [-0.2, -0.15) is 10.1 Å². The number of nitrogen functional groups attached to an aromatic ring is 1. The molecule has 238 valence electrons. The molecule has 1 aliphatic rings. The summed E-state index contributed by atoms with van der Waals surface area (Å²) in [5, 5.41) is 29.5. The van der Waals surface area contributed by atoms with Crippen molar-refractivity contribution >= 4 is 41.6 Å². The van der Waals surface area contributed by atoms with Crippen LogP contribution in [0, 0.1) is 0 Å². The molecule has 3 heterocycles. The molecule has 6 N–H and O–H groups in total. The van der Waals surface area contributed by atoms with Crippen LogP contribution in [0.1, 0.15) is 27.0 Å². The number of aliphatic hydroxyl groups excluding tert-OH is 2. The highest BCUT2D eigenvalue weighted by Gasteiger charge is 2.56. The number of hydrogen-bond donors (Lipinski definition) is 5. The fraction of sp³-hybridized carbons (Fsp3) is 0.385. The molecule has 0 saturated carbocycles. The number of H-pyrrole nitrogens is 1. The van der Waals surface area contributed by atoms with E-state index in [1.54, 1.807) is 50.2 Å². The third-order valence-electron chi connectivity index (χ3n) is 6.81. The van der Waals surface area contributed by atoms with Crippen LogP contribution in [0.15, 0.2) is 58.7 Å². The van der Waals surface area contributed by atoms with Crippen LogP contribution >= 0.6 is 7.75 Å². The normalized spacial score (nSPS) is 23.5. The number of nitrogens with two attached hydrogens (primary N) is 1. The molecule has 1 unspecified atom stereocenters. The molecule has 18 nitrogen and oxygen atoms in total. The van der Waals surface area contributed by atoms with E-state index in [9.17, 15) is 29.9 Å². The predicted molar refractivity (Wildman–Crippen MR) is 159 cm³/mol. The standard InChI is InChI=1S/C26H30N9O9P/c1-13(2)42-24(39)14(3)32-45(40,44-17-10-6-8-15-7-4-5-9-16(15)17)41-11-26(33-34-28)20(37)19(36)23(43-26)35-12-29-18-21(35)30-25(27)31-22(18)38/h4-10,12-14,19-20,23,36-37H,11H2,1-3H3,(H,32,40)(H3,27,30,31,38)/t14-,19+,20-,23+,26+,45?/m0/s1. The van der Waals surface area contributed by atoms with Gasteiger partial charge in [-0.25, -0.2) is 9.55 Å². The van der Waals surface area contributed by atoms with Crippen molar-refractivity contribution < 1.29 is 38.1 Å². The molecule has 0 radical (unpaired) electrons. The number of aromatic amines is 1. The maximum absolute atomic E-state index is 14.3. The van der Waals surface area contributed by atoms with E-state index in [1.807, 2.05) is 0 Å². The van der Waals surface area contributed by atoms with Crippen LogP contribution in [0.3, 0.4) is 0 Å². The minimum Gasteiger partial charge on any atom is -0.462 e. The number of benzene rings is 2. The molecule has 19 heteroatoms. The van der Waals surface area contributed by atoms with Crippen molar-refractivity contribution in [3.05, 3.63) is 69.6 Å². The average Bonchev–Trinajstić information content (AvgIpc) is 3.51. The highest BCUT2D eigenvalue weighted by molar-refractivity contribution is 7.52. The zero-order valence-corrected chi connectivity index (χ0v) is 25.1. The maximum Gasteiger partial charge on any atom is 0.459 e. The summed E-state index contributed by atoms with van der Waals surface area (Å²) in [6.45, 7) is 3.71. The summed E-state index contributed by atoms with van der Waals surface area (Å²) in [5.74, 6) is -0.896. The van der Waals surface area contributed by atoms with Gasteiger partial charge in [0.25, 0.3) is 5.56 Å². The van der Waals surface area contributed by atoms with Crippen molar-refractivity contribution in [3.63, 3.8) is 0 Å². The first-order chi connectivity index (χ1) is 21.4. The van der Waals surface area contributed by atoms with Crippen LogP contribution < -0.4 is 20.9 Å². The minimum absolute atomic E-state index is 0.103. The molecular formula is C26H30N9O9P. The Balaban J connectivity index is 1.49. The third kappa shape index (κ3) is 6.34. The monoisotopic (exact) mass is 643 g/mol. The highest BCUT2D eigenvalue weighted by atomic mass is 31.2. The van der Waals surface area contributed by atoms with Gasteiger partial charge >= 0.3 is 13.7 Å². The summed E-state index contributed by atoms with van der Waals surface area (Å²) in [6.07, 6.45) is -4.67. The number of azide groups is 1. The first-order valence-corrected chi connectivity index (χ1v) is 15.1. The molecule has 45 heavy (non-hydrogen) atoms. The smallest absolute Gasteiger partial charge is 0.459 e. The van der Waals surface area contributed by atoms with Crippen molar-refractivity contribution in [1.29, 1.82) is 0 Å². The lowest BCUT2D eigenvalue weighted by atomic mass is 10.1. The van der Waals surface area contributed by atoms with Gasteiger partial charge in [-0.15, -0.1) is 0 Å². The second kappa shape index (κ2) is 12.5. The molecule has 0 amide bonds. The predicted octanol–water partition coefficient (Wildman–Crippen LogP) is 2.25. The van der Waals surface area contributed by atoms with E-state index < -0.39 is 62.2 Å². The summed E-state index contributed by atoms with van der Waals surface area (Å²) in [4.78, 5) is 37.9. The van der Waals surface area contributed by atoms with Gasteiger partial charge in [0.05, 0.1) is 19.0 Å². The van der Waals surface area contributed by atoms with Crippen LogP contribution in [-0.2, 0) is 23.4 Å². The van der Waals surface area contributed by atoms with Crippen molar-refractivity contribution in [1.82, 2.24) is 24.6 Å². The van der Waals surface area contributed by atoms with Crippen LogP contribution in [0.4, 0.5) is 5.95 Å². The lowest BCUT2D eigenvalue weighted by Crippen LogP contribution is -2.45. The van der Waals surface area contributed by atoms with E-state index in [1.165, 1.54) is 13.0 Å². The van der Waals surface area contributed by atoms with Gasteiger partial charge in [0.15, 0.2) is 17.4 Å². The maximum atomic E-state index is 14.3. The van der Waals surface area contributed by atoms with E-state index in [2.05, 4.69) is 30.1 Å². The second-order valence-corrected chi connectivity index (χ2v) is 12.1. The molecule has 6 atom stereocenters. The van der Waals surface area contributed by atoms with E-state index in [-0.39, 0.29) is 22.9 Å². The molecule has 0 aliphatic carbocycles. The fourth-order valence-corrected chi connectivity index (χ4v) is 6.26. The molecule has 1 fully saturated rings. The number of fused-ring (bicyclic) bond motifs is 2. The lowest BCUT2D eigenvalue weighted by molar-refractivity contribution is -0.149. The van der Waals surface area contributed by atoms with Gasteiger partial charge in [0.2, 0.25) is 11.7 Å². The zero-order chi connectivity index (χ0) is 32.5. The van der Waals surface area contributed by atoms with Crippen LogP contribution in [-0.4, -0.2) is 72.4 Å². The van der Waals surface area contributed by atoms with Gasteiger partial charge in [-0.05, 0) is 37.8 Å². The van der Waals surface area contributed by atoms with Crippen LogP contribution in [0.2, 0.25) is 0 Å². The summed E-state index contributed by atoms with van der Waals surface area (Å²) in [5.41, 5.74) is 11.7. The summed E-state index contributed by atoms with van der Waals surface area (Å²) in [6, 6.07) is 10.9. The Morgan fingerprint density at radius 3 is 2.76 bits per heavy atom. The first kappa shape index (κ1) is 31.9. The number of aromatic nitrogens is 4. The summed E-state index contributed by atoms with van der Waals surface area (Å²) < 4.78 is 38.0. The van der Waals surface area contributed by atoms with Crippen molar-refractivity contribution in [2.24, 2.45) is 5.11 Å². The quantitative estimate of drug-likeness (QED) is 0.0517. The number of ether oxygens (including phenoxy) is 2. The van der Waals surface area contributed by atoms with Gasteiger partial charge in [0, 0.05) is 10.3 Å². The number of carbonyl (C=O) groups excluding carboxylic acids is 1. The van der Waals surface area contributed by atoms with Gasteiger partial charge in [-0.1, -0.05) is 41.5 Å². The molecule has 1 aliphatic heterocycles. The van der Waals surface area contributed by atoms with E-state index in [4.69, 9.17) is 24.3 Å². The lowest BCUT2D eigenvalue weighted by Gasteiger charge is -2.30. The number of hydrogen-bond acceptors (Lipinski definition) is 13. The topological polar surface area (TPSA) is 262 Å². The first-order valence-electron chi connectivity index (χ1n) is 13.6. The Kier molecular flexibility index (Phi) is 8.82. The summed E-state index contributed by atoms with van der Waals surface area (Å²) in [7, 11) is -4.60. The minimum atomic E-state index is -4.60. The van der Waals surface area contributed by atoms with Crippen molar-refractivity contribution in [2.45, 2.75) is 57.1 Å². The Morgan fingerprint density at radius 2 is 2.02 bits per heavy atom. The molecule has 0 spiro atoms. The molecule has 2 aromatic carbocycles. The van der Waals surface area contributed by atoms with Gasteiger partial charge in [-0.3, -0.25) is 23.7 Å². The third-order valence-corrected chi connectivity index (χ3v) is 8.42. The number of aliphatic hydroxyl groups is 2. The number of anilines is 1. The van der Waals surface area contributed by atoms with Crippen LogP contribution in [0.5, 0.6) is 5.75 Å². The largest absolute Gasteiger partial charge is 0.462 e. The van der Waals surface area contributed by atoms with Gasteiger partial charge < -0.3 is 29.9 Å². The zero-order valence-electron chi connectivity index (χ0n) is 24.2. The summed E-state index contributed by atoms with van der Waals surface area (Å²) >= 11 is 0.